The molecule has 16 heavy (non-hydrogen) atoms. The van der Waals surface area contributed by atoms with E-state index in [1.807, 2.05) is 13.8 Å². The van der Waals surface area contributed by atoms with Crippen molar-refractivity contribution < 1.29 is 4.74 Å². The van der Waals surface area contributed by atoms with Crippen LogP contribution in [0, 0.1) is 0 Å². The molecule has 90 valence electrons. The van der Waals surface area contributed by atoms with Crippen molar-refractivity contribution in [3.05, 3.63) is 21.7 Å². The summed E-state index contributed by atoms with van der Waals surface area (Å²) in [5, 5.41) is 0. The lowest BCUT2D eigenvalue weighted by molar-refractivity contribution is 0.0875. The van der Waals surface area contributed by atoms with Gasteiger partial charge in [0.2, 0.25) is 0 Å². The van der Waals surface area contributed by atoms with Gasteiger partial charge in [0.05, 0.1) is 5.56 Å². The van der Waals surface area contributed by atoms with Gasteiger partial charge < -0.3 is 15.5 Å². The third-order valence-corrected chi connectivity index (χ3v) is 2.56. The first-order valence-corrected chi connectivity index (χ1v) is 5.55. The number of anilines is 1. The lowest BCUT2D eigenvalue weighted by Crippen LogP contribution is -2.21. The molecule has 0 amide bonds. The Kier molecular flexibility index (Phi) is 4.49. The van der Waals surface area contributed by atoms with Crippen molar-refractivity contribution in [2.45, 2.75) is 39.2 Å². The van der Waals surface area contributed by atoms with Gasteiger partial charge in [-0.05, 0) is 12.8 Å². The highest BCUT2D eigenvalue weighted by atomic mass is 16.5. The van der Waals surface area contributed by atoms with E-state index >= 15 is 0 Å². The molecule has 0 aliphatic heterocycles. The Bertz CT molecular complexity index is 401. The second-order valence-electron chi connectivity index (χ2n) is 3.68. The molecule has 1 aromatic heterocycles. The van der Waals surface area contributed by atoms with Gasteiger partial charge in [0, 0.05) is 7.11 Å². The van der Waals surface area contributed by atoms with Gasteiger partial charge in [-0.3, -0.25) is 4.79 Å². The Balaban J connectivity index is 3.11. The van der Waals surface area contributed by atoms with Crippen LogP contribution in [0.4, 0.5) is 5.82 Å². The summed E-state index contributed by atoms with van der Waals surface area (Å²) in [6.45, 7) is 3.93. The van der Waals surface area contributed by atoms with E-state index in [1.165, 1.54) is 0 Å². The number of hydrogen-bond donors (Lipinski definition) is 2. The molecular weight excluding hydrogens is 206 g/mol. The Labute approximate surface area is 95.0 Å². The summed E-state index contributed by atoms with van der Waals surface area (Å²) in [6.07, 6.45) is 2.16. The predicted molar refractivity (Wildman–Crippen MR) is 63.3 cm³/mol. The Morgan fingerprint density at radius 3 is 2.62 bits per heavy atom. The van der Waals surface area contributed by atoms with Crippen LogP contribution in [0.5, 0.6) is 0 Å². The number of nitrogens with two attached hydrogens (primary N) is 1. The monoisotopic (exact) mass is 225 g/mol. The number of ether oxygens (including phenoxy) is 1. The minimum atomic E-state index is -0.189. The van der Waals surface area contributed by atoms with E-state index in [4.69, 9.17) is 10.5 Å². The molecule has 0 aliphatic rings. The zero-order valence-electron chi connectivity index (χ0n) is 10.0. The average Bonchev–Trinajstić information content (AvgIpc) is 2.25. The summed E-state index contributed by atoms with van der Waals surface area (Å²) < 4.78 is 5.27. The molecule has 1 heterocycles. The van der Waals surface area contributed by atoms with Gasteiger partial charge in [-0.2, -0.15) is 0 Å². The molecule has 0 bridgehead atoms. The number of hydrogen-bond acceptors (Lipinski definition) is 4. The van der Waals surface area contributed by atoms with Gasteiger partial charge in [-0.15, -0.1) is 0 Å². The summed E-state index contributed by atoms with van der Waals surface area (Å²) in [7, 11) is 1.60. The molecule has 0 radical (unpaired) electrons. The molecule has 1 aromatic rings. The van der Waals surface area contributed by atoms with Gasteiger partial charge in [-0.25, -0.2) is 4.98 Å². The lowest BCUT2D eigenvalue weighted by Gasteiger charge is -2.14. The van der Waals surface area contributed by atoms with E-state index in [0.717, 1.165) is 12.8 Å². The molecule has 0 fully saturated rings. The number of aromatic nitrogens is 2. The van der Waals surface area contributed by atoms with Crippen molar-refractivity contribution >= 4 is 5.82 Å². The molecule has 1 atom stereocenters. The topological polar surface area (TPSA) is 81.0 Å². The molecule has 0 aromatic carbocycles. The zero-order valence-corrected chi connectivity index (χ0v) is 10.0. The molecule has 0 saturated heterocycles. The molecule has 5 nitrogen and oxygen atoms in total. The van der Waals surface area contributed by atoms with Crippen molar-refractivity contribution in [2.24, 2.45) is 0 Å². The van der Waals surface area contributed by atoms with Crippen LogP contribution in [0.1, 0.15) is 44.2 Å². The zero-order chi connectivity index (χ0) is 12.1. The number of aromatic amines is 1. The van der Waals surface area contributed by atoms with Gasteiger partial charge in [0.1, 0.15) is 17.7 Å². The normalized spacial score (nSPS) is 12.7. The second-order valence-corrected chi connectivity index (χ2v) is 3.68. The van der Waals surface area contributed by atoms with Gasteiger partial charge >= 0.3 is 0 Å². The van der Waals surface area contributed by atoms with Crippen molar-refractivity contribution in [2.75, 3.05) is 12.8 Å². The minimum Gasteiger partial charge on any atom is -0.383 e. The maximum atomic E-state index is 11.7. The third-order valence-electron chi connectivity index (χ3n) is 2.56. The molecule has 5 heteroatoms. The maximum absolute atomic E-state index is 11.7. The smallest absolute Gasteiger partial charge is 0.256 e. The average molecular weight is 225 g/mol. The molecular formula is C11H19N3O2. The molecule has 1 rings (SSSR count). The maximum Gasteiger partial charge on any atom is 0.256 e. The van der Waals surface area contributed by atoms with Crippen LogP contribution >= 0.6 is 0 Å². The Morgan fingerprint density at radius 2 is 2.19 bits per heavy atom. The van der Waals surface area contributed by atoms with Crippen LogP contribution in [0.3, 0.4) is 0 Å². The highest BCUT2D eigenvalue weighted by Crippen LogP contribution is 2.18. The van der Waals surface area contributed by atoms with Crippen LogP contribution in [-0.2, 0) is 11.2 Å². The lowest BCUT2D eigenvalue weighted by atomic mass is 10.2. The van der Waals surface area contributed by atoms with E-state index in [1.54, 1.807) is 7.11 Å². The fourth-order valence-electron chi connectivity index (χ4n) is 1.66. The number of nitrogens with one attached hydrogen (secondary N) is 1. The van der Waals surface area contributed by atoms with Crippen LogP contribution in [0.15, 0.2) is 4.79 Å². The predicted octanol–water partition coefficient (Wildman–Crippen LogP) is 1.40. The van der Waals surface area contributed by atoms with Gasteiger partial charge in [0.15, 0.2) is 0 Å². The number of methoxy groups -OCH3 is 1. The first-order chi connectivity index (χ1) is 7.63. The Morgan fingerprint density at radius 1 is 1.50 bits per heavy atom. The van der Waals surface area contributed by atoms with E-state index in [2.05, 4.69) is 9.97 Å². The fraction of sp³-hybridized carbons (Fsp3) is 0.636. The quantitative estimate of drug-likeness (QED) is 0.793. The fourth-order valence-corrected chi connectivity index (χ4v) is 1.66. The van der Waals surface area contributed by atoms with Crippen LogP contribution in [-0.4, -0.2) is 17.1 Å². The summed E-state index contributed by atoms with van der Waals surface area (Å²) in [4.78, 5) is 18.6. The van der Waals surface area contributed by atoms with E-state index in [9.17, 15) is 4.79 Å². The molecule has 0 aliphatic carbocycles. The van der Waals surface area contributed by atoms with Crippen molar-refractivity contribution in [3.8, 4) is 0 Å². The van der Waals surface area contributed by atoms with Gasteiger partial charge in [-0.1, -0.05) is 20.3 Å². The number of nitrogen functional groups attached to an aromatic ring is 1. The molecule has 3 N–H and O–H groups in total. The van der Waals surface area contributed by atoms with Crippen molar-refractivity contribution in [3.63, 3.8) is 0 Å². The Hall–Kier alpha value is -1.36. The number of nitrogens with zero attached hydrogens (tertiary/aromatic N) is 1. The van der Waals surface area contributed by atoms with Crippen molar-refractivity contribution in [1.82, 2.24) is 9.97 Å². The van der Waals surface area contributed by atoms with E-state index in [-0.39, 0.29) is 11.7 Å². The molecule has 0 saturated carbocycles. The van der Waals surface area contributed by atoms with Gasteiger partial charge in [0.25, 0.3) is 5.56 Å². The summed E-state index contributed by atoms with van der Waals surface area (Å²) in [6, 6.07) is 0. The highest BCUT2D eigenvalue weighted by molar-refractivity contribution is 5.37. The van der Waals surface area contributed by atoms with Crippen LogP contribution in [0.25, 0.3) is 0 Å². The standard InChI is InChI=1S/C11H19N3O2/c1-4-6-8(16-3)10-13-9(12)7(5-2)11(15)14-10/h8H,4-6H2,1-3H3,(H3,12,13,14,15). The number of rotatable bonds is 5. The summed E-state index contributed by atoms with van der Waals surface area (Å²) >= 11 is 0. The summed E-state index contributed by atoms with van der Waals surface area (Å²) in [5.41, 5.74) is 6.11. The SMILES string of the molecule is CCCC(OC)c1nc(N)c(CC)c(=O)[nH]1. The molecule has 1 unspecified atom stereocenters. The highest BCUT2D eigenvalue weighted by Gasteiger charge is 2.15. The first kappa shape index (κ1) is 12.7. The second kappa shape index (κ2) is 5.65. The largest absolute Gasteiger partial charge is 0.383 e. The third kappa shape index (κ3) is 2.61. The molecule has 0 spiro atoms. The first-order valence-electron chi connectivity index (χ1n) is 5.55. The minimum absolute atomic E-state index is 0.164. The summed E-state index contributed by atoms with van der Waals surface area (Å²) in [5.74, 6) is 0.823. The van der Waals surface area contributed by atoms with Crippen LogP contribution in [0.2, 0.25) is 0 Å². The van der Waals surface area contributed by atoms with Crippen LogP contribution < -0.4 is 11.3 Å². The van der Waals surface area contributed by atoms with E-state index < -0.39 is 0 Å². The van der Waals surface area contributed by atoms with Crippen molar-refractivity contribution in [1.29, 1.82) is 0 Å². The van der Waals surface area contributed by atoms with E-state index in [0.29, 0.717) is 23.6 Å². The number of H-pyrrole nitrogens is 1.